The van der Waals surface area contributed by atoms with Crippen molar-refractivity contribution < 1.29 is 19.4 Å². The molecule has 0 radical (unpaired) electrons. The topological polar surface area (TPSA) is 66.8 Å². The van der Waals surface area contributed by atoms with Gasteiger partial charge in [0.25, 0.3) is 5.91 Å². The highest BCUT2D eigenvalue weighted by molar-refractivity contribution is 6.30. The van der Waals surface area contributed by atoms with Gasteiger partial charge in [0.1, 0.15) is 11.3 Å². The Morgan fingerprint density at radius 3 is 2.52 bits per heavy atom. The molecule has 5 nitrogen and oxygen atoms in total. The predicted molar refractivity (Wildman–Crippen MR) is 95.8 cm³/mol. The lowest BCUT2D eigenvalue weighted by Gasteiger charge is -2.19. The maximum atomic E-state index is 12.2. The maximum absolute atomic E-state index is 12.2. The summed E-state index contributed by atoms with van der Waals surface area (Å²) < 4.78 is 4.99. The number of aryl methyl sites for hydroxylation is 2. The molecule has 2 aromatic carbocycles. The Labute approximate surface area is 151 Å². The zero-order valence-electron chi connectivity index (χ0n) is 14.4. The summed E-state index contributed by atoms with van der Waals surface area (Å²) >= 11 is 5.72. The van der Waals surface area contributed by atoms with E-state index in [0.717, 1.165) is 16.7 Å². The molecule has 0 aliphatic carbocycles. The minimum Gasteiger partial charge on any atom is -0.507 e. The Morgan fingerprint density at radius 2 is 1.88 bits per heavy atom. The molecule has 1 N–H and O–H groups in total. The van der Waals surface area contributed by atoms with Gasteiger partial charge in [-0.25, -0.2) is 4.79 Å². The maximum Gasteiger partial charge on any atom is 0.342 e. The van der Waals surface area contributed by atoms with Gasteiger partial charge < -0.3 is 14.7 Å². The highest BCUT2D eigenvalue weighted by atomic mass is 35.5. The Bertz CT molecular complexity index is 804. The second-order valence-corrected chi connectivity index (χ2v) is 6.35. The molecule has 0 atom stereocenters. The van der Waals surface area contributed by atoms with Crippen LogP contribution in [0.4, 0.5) is 0 Å². The molecule has 6 heteroatoms. The van der Waals surface area contributed by atoms with Gasteiger partial charge >= 0.3 is 5.97 Å². The van der Waals surface area contributed by atoms with E-state index in [1.807, 2.05) is 26.0 Å². The van der Waals surface area contributed by atoms with Crippen LogP contribution in [-0.2, 0) is 16.1 Å². The SMILES string of the molecule is Cc1ccc(CN(C)C(=O)COC(=O)c2ccc(Cl)cc2O)c(C)c1. The first kappa shape index (κ1) is 18.8. The van der Waals surface area contributed by atoms with Crippen molar-refractivity contribution in [3.63, 3.8) is 0 Å². The summed E-state index contributed by atoms with van der Waals surface area (Å²) in [4.78, 5) is 25.6. The number of phenols is 1. The van der Waals surface area contributed by atoms with E-state index >= 15 is 0 Å². The van der Waals surface area contributed by atoms with Crippen LogP contribution in [0.3, 0.4) is 0 Å². The Balaban J connectivity index is 1.93. The number of esters is 1. The van der Waals surface area contributed by atoms with Crippen LogP contribution in [0.5, 0.6) is 5.75 Å². The molecular weight excluding hydrogens is 342 g/mol. The molecule has 0 aliphatic heterocycles. The highest BCUT2D eigenvalue weighted by Gasteiger charge is 2.17. The number of phenolic OH excluding ortho intramolecular Hbond substituents is 1. The lowest BCUT2D eigenvalue weighted by molar-refractivity contribution is -0.133. The smallest absolute Gasteiger partial charge is 0.342 e. The first-order chi connectivity index (χ1) is 11.8. The van der Waals surface area contributed by atoms with Crippen molar-refractivity contribution in [1.29, 1.82) is 0 Å². The molecule has 0 saturated carbocycles. The summed E-state index contributed by atoms with van der Waals surface area (Å²) in [5.41, 5.74) is 3.26. The van der Waals surface area contributed by atoms with Gasteiger partial charge in [0.05, 0.1) is 0 Å². The van der Waals surface area contributed by atoms with Crippen molar-refractivity contribution in [2.24, 2.45) is 0 Å². The van der Waals surface area contributed by atoms with Gasteiger partial charge in [-0.2, -0.15) is 0 Å². The van der Waals surface area contributed by atoms with E-state index in [-0.39, 0.29) is 17.2 Å². The molecule has 2 aromatic rings. The number of amides is 1. The second-order valence-electron chi connectivity index (χ2n) is 5.92. The summed E-state index contributed by atoms with van der Waals surface area (Å²) in [5.74, 6) is -1.39. The summed E-state index contributed by atoms with van der Waals surface area (Å²) in [6.45, 7) is 4.03. The van der Waals surface area contributed by atoms with Gasteiger partial charge in [0.15, 0.2) is 6.61 Å². The van der Waals surface area contributed by atoms with Crippen molar-refractivity contribution >= 4 is 23.5 Å². The van der Waals surface area contributed by atoms with Crippen molar-refractivity contribution in [2.45, 2.75) is 20.4 Å². The first-order valence-corrected chi connectivity index (χ1v) is 8.11. The molecule has 0 spiro atoms. The van der Waals surface area contributed by atoms with E-state index in [2.05, 4.69) is 6.07 Å². The zero-order chi connectivity index (χ0) is 18.6. The van der Waals surface area contributed by atoms with Gasteiger partial charge in [0, 0.05) is 18.6 Å². The first-order valence-electron chi connectivity index (χ1n) is 7.73. The van der Waals surface area contributed by atoms with Crippen LogP contribution >= 0.6 is 11.6 Å². The largest absolute Gasteiger partial charge is 0.507 e. The van der Waals surface area contributed by atoms with Gasteiger partial charge in [-0.1, -0.05) is 35.4 Å². The molecule has 1 amide bonds. The van der Waals surface area contributed by atoms with Crippen LogP contribution in [0.2, 0.25) is 5.02 Å². The molecule has 0 fully saturated rings. The fourth-order valence-corrected chi connectivity index (χ4v) is 2.53. The van der Waals surface area contributed by atoms with E-state index in [9.17, 15) is 14.7 Å². The quantitative estimate of drug-likeness (QED) is 0.828. The monoisotopic (exact) mass is 361 g/mol. The molecule has 25 heavy (non-hydrogen) atoms. The molecule has 2 rings (SSSR count). The number of benzene rings is 2. The number of aromatic hydroxyl groups is 1. The molecule has 0 aromatic heterocycles. The number of likely N-dealkylation sites (N-methyl/N-ethyl adjacent to an activating group) is 1. The van der Waals surface area contributed by atoms with Crippen LogP contribution < -0.4 is 0 Å². The van der Waals surface area contributed by atoms with Crippen molar-refractivity contribution in [1.82, 2.24) is 4.90 Å². The Hall–Kier alpha value is -2.53. The molecule has 0 bridgehead atoms. The summed E-state index contributed by atoms with van der Waals surface area (Å²) in [7, 11) is 1.65. The van der Waals surface area contributed by atoms with E-state index in [4.69, 9.17) is 16.3 Å². The number of ether oxygens (including phenoxy) is 1. The van der Waals surface area contributed by atoms with Gasteiger partial charge in [-0.3, -0.25) is 4.79 Å². The average molecular weight is 362 g/mol. The Morgan fingerprint density at radius 1 is 1.16 bits per heavy atom. The second kappa shape index (κ2) is 8.03. The third kappa shape index (κ3) is 4.97. The normalized spacial score (nSPS) is 10.4. The molecule has 0 unspecified atom stereocenters. The molecule has 0 saturated heterocycles. The summed E-state index contributed by atoms with van der Waals surface area (Å²) in [6, 6.07) is 10.1. The highest BCUT2D eigenvalue weighted by Crippen LogP contribution is 2.22. The number of rotatable bonds is 5. The third-order valence-corrected chi connectivity index (χ3v) is 4.07. The number of halogens is 1. The van der Waals surface area contributed by atoms with Crippen LogP contribution in [0.25, 0.3) is 0 Å². The summed E-state index contributed by atoms with van der Waals surface area (Å²) in [6.07, 6.45) is 0. The fraction of sp³-hybridized carbons (Fsp3) is 0.263. The van der Waals surface area contributed by atoms with Gasteiger partial charge in [0.2, 0.25) is 0 Å². The summed E-state index contributed by atoms with van der Waals surface area (Å²) in [5, 5.41) is 10.0. The zero-order valence-corrected chi connectivity index (χ0v) is 15.1. The van der Waals surface area contributed by atoms with Gasteiger partial charge in [-0.15, -0.1) is 0 Å². The van der Waals surface area contributed by atoms with Crippen LogP contribution in [0.15, 0.2) is 36.4 Å². The van der Waals surface area contributed by atoms with E-state index < -0.39 is 12.6 Å². The minimum absolute atomic E-state index is 0.0331. The van der Waals surface area contributed by atoms with Crippen LogP contribution in [0.1, 0.15) is 27.0 Å². The van der Waals surface area contributed by atoms with Crippen LogP contribution in [0, 0.1) is 13.8 Å². The number of hydrogen-bond acceptors (Lipinski definition) is 4. The minimum atomic E-state index is -0.776. The average Bonchev–Trinajstić information content (AvgIpc) is 2.54. The van der Waals surface area contributed by atoms with Gasteiger partial charge in [-0.05, 0) is 43.2 Å². The number of nitrogens with zero attached hydrogens (tertiary/aromatic N) is 1. The number of carbonyl (C=O) groups excluding carboxylic acids is 2. The van der Waals surface area contributed by atoms with E-state index in [1.165, 1.54) is 23.1 Å². The molecule has 0 heterocycles. The molecule has 132 valence electrons. The van der Waals surface area contributed by atoms with Crippen molar-refractivity contribution in [2.75, 3.05) is 13.7 Å². The predicted octanol–water partition coefficient (Wildman–Crippen LogP) is 3.48. The van der Waals surface area contributed by atoms with Crippen molar-refractivity contribution in [3.8, 4) is 5.75 Å². The number of carbonyl (C=O) groups is 2. The molecule has 0 aliphatic rings. The fourth-order valence-electron chi connectivity index (χ4n) is 2.36. The lowest BCUT2D eigenvalue weighted by atomic mass is 10.1. The molecular formula is C19H20ClNO4. The Kier molecular flexibility index (Phi) is 6.04. The van der Waals surface area contributed by atoms with E-state index in [1.54, 1.807) is 7.05 Å². The number of hydrogen-bond donors (Lipinski definition) is 1. The standard InChI is InChI=1S/C19H20ClNO4/c1-12-4-5-14(13(2)8-12)10-21(3)18(23)11-25-19(24)16-7-6-15(20)9-17(16)22/h4-9,22H,10-11H2,1-3H3. The van der Waals surface area contributed by atoms with Crippen LogP contribution in [-0.4, -0.2) is 35.5 Å². The lowest BCUT2D eigenvalue weighted by Crippen LogP contribution is -2.31. The van der Waals surface area contributed by atoms with Crippen molar-refractivity contribution in [3.05, 3.63) is 63.7 Å². The van der Waals surface area contributed by atoms with E-state index in [0.29, 0.717) is 11.6 Å². The third-order valence-electron chi connectivity index (χ3n) is 3.84.